The Balaban J connectivity index is 2.98. The number of rotatable bonds is 1. The summed E-state index contributed by atoms with van der Waals surface area (Å²) in [5.74, 6) is -1.80. The van der Waals surface area contributed by atoms with Gasteiger partial charge in [-0.2, -0.15) is 4.80 Å². The van der Waals surface area contributed by atoms with Gasteiger partial charge < -0.3 is 9.90 Å². The number of aromatic carboxylic acids is 1. The minimum Gasteiger partial charge on any atom is -0.541 e. The average Bonchev–Trinajstić information content (AvgIpc) is 2.14. The molecule has 0 spiro atoms. The van der Waals surface area contributed by atoms with E-state index in [2.05, 4.69) is 15.4 Å². The number of nitrogens with zero attached hydrogens (tertiary/aromatic N) is 4. The van der Waals surface area contributed by atoms with Gasteiger partial charge >= 0.3 is 0 Å². The van der Waals surface area contributed by atoms with Crippen LogP contribution < -0.4 is 5.11 Å². The number of carbonyl (C=O) groups excluding carboxylic acids is 1. The van der Waals surface area contributed by atoms with Crippen molar-refractivity contribution in [1.82, 2.24) is 20.2 Å². The molecule has 0 aliphatic rings. The van der Waals surface area contributed by atoms with Crippen LogP contribution in [0.15, 0.2) is 0 Å². The first-order valence-electron chi connectivity index (χ1n) is 2.15. The normalized spacial score (nSPS) is 9.44. The molecule has 0 amide bonds. The maximum Gasteiger partial charge on any atom is 0.220 e. The number of carbonyl (C=O) groups is 1. The molecule has 9 heavy (non-hydrogen) atoms. The van der Waals surface area contributed by atoms with Gasteiger partial charge in [0.2, 0.25) is 5.82 Å². The first-order chi connectivity index (χ1) is 4.20. The molecule has 6 nitrogen and oxygen atoms in total. The van der Waals surface area contributed by atoms with Crippen LogP contribution in [-0.2, 0) is 7.05 Å². The van der Waals surface area contributed by atoms with Crippen LogP contribution in [0.3, 0.4) is 0 Å². The second-order valence-electron chi connectivity index (χ2n) is 1.39. The van der Waals surface area contributed by atoms with Gasteiger partial charge in [0.05, 0.1) is 7.05 Å². The molecule has 0 atom stereocenters. The molecule has 1 heterocycles. The van der Waals surface area contributed by atoms with Crippen LogP contribution in [0.1, 0.15) is 10.6 Å². The van der Waals surface area contributed by atoms with Gasteiger partial charge in [-0.15, -0.1) is 10.2 Å². The number of aromatic nitrogens is 4. The Kier molecular flexibility index (Phi) is 1.14. The zero-order valence-corrected chi connectivity index (χ0v) is 4.61. The molecular formula is C3H3N4O2-. The number of hydrogen-bond donors (Lipinski definition) is 0. The van der Waals surface area contributed by atoms with Gasteiger partial charge in [0, 0.05) is 0 Å². The second kappa shape index (κ2) is 1.81. The van der Waals surface area contributed by atoms with Crippen molar-refractivity contribution in [3.63, 3.8) is 0 Å². The lowest BCUT2D eigenvalue weighted by atomic mass is 10.7. The molecule has 0 saturated carbocycles. The summed E-state index contributed by atoms with van der Waals surface area (Å²) in [5.41, 5.74) is 0. The summed E-state index contributed by atoms with van der Waals surface area (Å²) in [7, 11) is 1.47. The monoisotopic (exact) mass is 127 g/mol. The lowest BCUT2D eigenvalue weighted by Gasteiger charge is -1.87. The number of carboxylic acid groups (broad SMARTS) is 1. The fourth-order valence-corrected chi connectivity index (χ4v) is 0.366. The van der Waals surface area contributed by atoms with Crippen molar-refractivity contribution in [2.45, 2.75) is 0 Å². The predicted octanol–water partition coefficient (Wildman–Crippen LogP) is -2.43. The molecule has 6 heteroatoms. The Morgan fingerprint density at radius 1 is 1.78 bits per heavy atom. The summed E-state index contributed by atoms with van der Waals surface area (Å²) in [6.07, 6.45) is 0. The van der Waals surface area contributed by atoms with E-state index in [1.54, 1.807) is 0 Å². The molecule has 0 aliphatic carbocycles. The van der Waals surface area contributed by atoms with Gasteiger partial charge in [-0.25, -0.2) is 0 Å². The van der Waals surface area contributed by atoms with Crippen molar-refractivity contribution in [2.24, 2.45) is 7.05 Å². The van der Waals surface area contributed by atoms with Crippen molar-refractivity contribution in [3.8, 4) is 0 Å². The third-order valence-electron chi connectivity index (χ3n) is 0.691. The first kappa shape index (κ1) is 5.67. The first-order valence-corrected chi connectivity index (χ1v) is 2.15. The number of aryl methyl sites for hydroxylation is 1. The van der Waals surface area contributed by atoms with E-state index in [0.717, 1.165) is 4.80 Å². The highest BCUT2D eigenvalue weighted by molar-refractivity contribution is 5.80. The number of carboxylic acids is 1. The largest absolute Gasteiger partial charge is 0.541 e. The molecule has 48 valence electrons. The maximum absolute atomic E-state index is 9.92. The molecular weight excluding hydrogens is 124 g/mol. The van der Waals surface area contributed by atoms with E-state index in [1.807, 2.05) is 0 Å². The van der Waals surface area contributed by atoms with E-state index in [-0.39, 0.29) is 0 Å². The molecule has 0 saturated heterocycles. The fraction of sp³-hybridized carbons (Fsp3) is 0.333. The van der Waals surface area contributed by atoms with E-state index in [0.29, 0.717) is 0 Å². The molecule has 0 aromatic carbocycles. The minimum absolute atomic E-state index is 0.391. The zero-order valence-electron chi connectivity index (χ0n) is 4.61. The summed E-state index contributed by atoms with van der Waals surface area (Å²) in [6, 6.07) is 0. The molecule has 0 aliphatic heterocycles. The van der Waals surface area contributed by atoms with Gasteiger partial charge in [-0.05, 0) is 5.21 Å². The smallest absolute Gasteiger partial charge is 0.220 e. The third kappa shape index (κ3) is 1.01. The van der Waals surface area contributed by atoms with Crippen molar-refractivity contribution in [3.05, 3.63) is 5.82 Å². The van der Waals surface area contributed by atoms with Crippen LogP contribution in [0, 0.1) is 0 Å². The van der Waals surface area contributed by atoms with Crippen LogP contribution in [0.4, 0.5) is 0 Å². The van der Waals surface area contributed by atoms with Gasteiger partial charge in [0.15, 0.2) is 0 Å². The minimum atomic E-state index is -1.41. The lowest BCUT2D eigenvalue weighted by molar-refractivity contribution is -0.256. The van der Waals surface area contributed by atoms with E-state index in [9.17, 15) is 9.90 Å². The molecule has 0 bridgehead atoms. The summed E-state index contributed by atoms with van der Waals surface area (Å²) >= 11 is 0. The number of hydrogen-bond acceptors (Lipinski definition) is 5. The molecule has 1 aromatic heterocycles. The highest BCUT2D eigenvalue weighted by Gasteiger charge is 1.97. The molecule has 1 aromatic rings. The van der Waals surface area contributed by atoms with Gasteiger partial charge in [0.1, 0.15) is 5.97 Å². The summed E-state index contributed by atoms with van der Waals surface area (Å²) < 4.78 is 0. The predicted molar refractivity (Wildman–Crippen MR) is 23.1 cm³/mol. The molecule has 0 fully saturated rings. The highest BCUT2D eigenvalue weighted by atomic mass is 16.4. The van der Waals surface area contributed by atoms with E-state index < -0.39 is 11.8 Å². The highest BCUT2D eigenvalue weighted by Crippen LogP contribution is 1.78. The van der Waals surface area contributed by atoms with E-state index in [1.165, 1.54) is 7.05 Å². The van der Waals surface area contributed by atoms with Gasteiger partial charge in [0.25, 0.3) is 0 Å². The molecule has 0 radical (unpaired) electrons. The SMILES string of the molecule is Cn1nnc(C(=O)[O-])n1. The van der Waals surface area contributed by atoms with Crippen molar-refractivity contribution in [2.75, 3.05) is 0 Å². The van der Waals surface area contributed by atoms with Crippen LogP contribution in [0.5, 0.6) is 0 Å². The standard InChI is InChI=1S/C3H4N4O2/c1-7-5-2(3(8)9)4-6-7/h1H3,(H,8,9)/p-1. The summed E-state index contributed by atoms with van der Waals surface area (Å²) in [4.78, 5) is 11.0. The summed E-state index contributed by atoms with van der Waals surface area (Å²) in [5, 5.41) is 19.7. The second-order valence-corrected chi connectivity index (χ2v) is 1.39. The van der Waals surface area contributed by atoms with Crippen LogP contribution in [-0.4, -0.2) is 26.2 Å². The van der Waals surface area contributed by atoms with Crippen molar-refractivity contribution >= 4 is 5.97 Å². The van der Waals surface area contributed by atoms with Crippen LogP contribution in [0.2, 0.25) is 0 Å². The van der Waals surface area contributed by atoms with E-state index in [4.69, 9.17) is 0 Å². The fourth-order valence-electron chi connectivity index (χ4n) is 0.366. The average molecular weight is 127 g/mol. The van der Waals surface area contributed by atoms with Gasteiger partial charge in [-0.1, -0.05) is 0 Å². The third-order valence-corrected chi connectivity index (χ3v) is 0.691. The van der Waals surface area contributed by atoms with Gasteiger partial charge in [-0.3, -0.25) is 0 Å². The molecule has 0 unspecified atom stereocenters. The maximum atomic E-state index is 9.92. The van der Waals surface area contributed by atoms with Crippen molar-refractivity contribution < 1.29 is 9.90 Å². The van der Waals surface area contributed by atoms with Crippen molar-refractivity contribution in [1.29, 1.82) is 0 Å². The Labute approximate surface area is 50.1 Å². The zero-order chi connectivity index (χ0) is 6.85. The Morgan fingerprint density at radius 2 is 2.44 bits per heavy atom. The van der Waals surface area contributed by atoms with E-state index >= 15 is 0 Å². The Bertz CT molecular complexity index is 229. The Hall–Kier alpha value is -1.46. The topological polar surface area (TPSA) is 83.7 Å². The van der Waals surface area contributed by atoms with Crippen LogP contribution >= 0.6 is 0 Å². The Morgan fingerprint density at radius 3 is 2.67 bits per heavy atom. The quantitative estimate of drug-likeness (QED) is 0.419. The summed E-state index contributed by atoms with van der Waals surface area (Å²) in [6.45, 7) is 0. The molecule has 1 rings (SSSR count). The number of tetrazole rings is 1. The lowest BCUT2D eigenvalue weighted by Crippen LogP contribution is -2.23. The molecule has 0 N–H and O–H groups in total. The van der Waals surface area contributed by atoms with Crippen LogP contribution in [0.25, 0.3) is 0 Å².